The quantitative estimate of drug-likeness (QED) is 0.879. The zero-order valence-electron chi connectivity index (χ0n) is 13.7. The third kappa shape index (κ3) is 3.94. The number of furan rings is 1. The van der Waals surface area contributed by atoms with E-state index in [-0.39, 0.29) is 24.0 Å². The Labute approximate surface area is 137 Å². The molecule has 2 fully saturated rings. The SMILES string of the molecule is CN(Cc1ccco1)C(=O)CN1CCOC[C@@H]1[C@@H]1CCC[C@H]1O. The fourth-order valence-corrected chi connectivity index (χ4v) is 3.68. The van der Waals surface area contributed by atoms with Crippen molar-refractivity contribution in [2.75, 3.05) is 33.4 Å². The minimum Gasteiger partial charge on any atom is -0.467 e. The van der Waals surface area contributed by atoms with Gasteiger partial charge in [0.15, 0.2) is 0 Å². The molecule has 1 aliphatic heterocycles. The van der Waals surface area contributed by atoms with Gasteiger partial charge in [-0.25, -0.2) is 0 Å². The van der Waals surface area contributed by atoms with E-state index in [2.05, 4.69) is 4.90 Å². The van der Waals surface area contributed by atoms with Crippen LogP contribution in [0.4, 0.5) is 0 Å². The first-order chi connectivity index (χ1) is 11.1. The van der Waals surface area contributed by atoms with Crippen LogP contribution < -0.4 is 0 Å². The van der Waals surface area contributed by atoms with Gasteiger partial charge in [-0.15, -0.1) is 0 Å². The van der Waals surface area contributed by atoms with E-state index in [0.717, 1.165) is 31.6 Å². The summed E-state index contributed by atoms with van der Waals surface area (Å²) in [5.74, 6) is 1.07. The van der Waals surface area contributed by atoms with Crippen LogP contribution in [0.25, 0.3) is 0 Å². The highest BCUT2D eigenvalue weighted by atomic mass is 16.5. The molecule has 1 aromatic heterocycles. The second-order valence-electron chi connectivity index (χ2n) is 6.60. The molecule has 0 spiro atoms. The molecular formula is C17H26N2O4. The fraction of sp³-hybridized carbons (Fsp3) is 0.706. The molecule has 6 nitrogen and oxygen atoms in total. The van der Waals surface area contributed by atoms with Gasteiger partial charge in [-0.05, 0) is 25.0 Å². The summed E-state index contributed by atoms with van der Waals surface area (Å²) < 4.78 is 10.9. The van der Waals surface area contributed by atoms with E-state index < -0.39 is 0 Å². The van der Waals surface area contributed by atoms with Gasteiger partial charge in [-0.1, -0.05) is 6.42 Å². The zero-order chi connectivity index (χ0) is 16.2. The van der Waals surface area contributed by atoms with Crippen LogP contribution in [0.15, 0.2) is 22.8 Å². The highest BCUT2D eigenvalue weighted by Gasteiger charge is 2.38. The van der Waals surface area contributed by atoms with Crippen LogP contribution in [-0.4, -0.2) is 66.3 Å². The second kappa shape index (κ2) is 7.47. The Bertz CT molecular complexity index is 505. The summed E-state index contributed by atoms with van der Waals surface area (Å²) in [6, 6.07) is 3.84. The number of nitrogens with zero attached hydrogens (tertiary/aromatic N) is 2. The van der Waals surface area contributed by atoms with Crippen LogP contribution in [0.5, 0.6) is 0 Å². The lowest BCUT2D eigenvalue weighted by molar-refractivity contribution is -0.135. The standard InChI is InChI=1S/C17H26N2O4/c1-18(10-13-4-3-8-23-13)17(21)11-19-7-9-22-12-15(19)14-5-2-6-16(14)20/h3-4,8,14-16,20H,2,5-7,9-12H2,1H3/t14-,15+,16+/m0/s1. The van der Waals surface area contributed by atoms with Gasteiger partial charge in [0.2, 0.25) is 5.91 Å². The van der Waals surface area contributed by atoms with Crippen molar-refractivity contribution in [3.63, 3.8) is 0 Å². The van der Waals surface area contributed by atoms with E-state index in [1.807, 2.05) is 12.1 Å². The number of rotatable bonds is 5. The lowest BCUT2D eigenvalue weighted by Gasteiger charge is -2.40. The first-order valence-electron chi connectivity index (χ1n) is 8.41. The van der Waals surface area contributed by atoms with Gasteiger partial charge >= 0.3 is 0 Å². The molecule has 2 aliphatic rings. The van der Waals surface area contributed by atoms with Gasteiger partial charge in [-0.3, -0.25) is 9.69 Å². The molecule has 1 saturated carbocycles. The highest BCUT2D eigenvalue weighted by Crippen LogP contribution is 2.32. The molecule has 0 aromatic carbocycles. The average molecular weight is 322 g/mol. The van der Waals surface area contributed by atoms with Gasteiger partial charge in [0, 0.05) is 25.6 Å². The monoisotopic (exact) mass is 322 g/mol. The van der Waals surface area contributed by atoms with Crippen molar-refractivity contribution >= 4 is 5.91 Å². The molecule has 1 aliphatic carbocycles. The number of carbonyl (C=O) groups excluding carboxylic acids is 1. The van der Waals surface area contributed by atoms with E-state index in [1.54, 1.807) is 18.2 Å². The number of likely N-dealkylation sites (N-methyl/N-ethyl adjacent to an activating group) is 1. The molecule has 0 bridgehead atoms. The normalized spacial score (nSPS) is 28.9. The van der Waals surface area contributed by atoms with Crippen LogP contribution in [0.1, 0.15) is 25.0 Å². The zero-order valence-corrected chi connectivity index (χ0v) is 13.7. The van der Waals surface area contributed by atoms with Crippen molar-refractivity contribution in [3.8, 4) is 0 Å². The van der Waals surface area contributed by atoms with Crippen molar-refractivity contribution in [1.82, 2.24) is 9.80 Å². The third-order valence-corrected chi connectivity index (χ3v) is 5.04. The number of amides is 1. The molecule has 128 valence electrons. The van der Waals surface area contributed by atoms with Crippen molar-refractivity contribution in [2.45, 2.75) is 38.0 Å². The summed E-state index contributed by atoms with van der Waals surface area (Å²) in [4.78, 5) is 16.4. The van der Waals surface area contributed by atoms with E-state index in [1.165, 1.54) is 0 Å². The minimum absolute atomic E-state index is 0.0702. The van der Waals surface area contributed by atoms with Crippen molar-refractivity contribution < 1.29 is 19.1 Å². The van der Waals surface area contributed by atoms with Gasteiger partial charge in [0.25, 0.3) is 0 Å². The van der Waals surface area contributed by atoms with Crippen LogP contribution in [-0.2, 0) is 16.1 Å². The Morgan fingerprint density at radius 3 is 3.04 bits per heavy atom. The lowest BCUT2D eigenvalue weighted by atomic mass is 9.94. The summed E-state index contributed by atoms with van der Waals surface area (Å²) in [6.07, 6.45) is 4.29. The molecule has 0 unspecified atom stereocenters. The highest BCUT2D eigenvalue weighted by molar-refractivity contribution is 5.78. The fourth-order valence-electron chi connectivity index (χ4n) is 3.68. The molecule has 3 atom stereocenters. The Hall–Kier alpha value is -1.37. The first-order valence-corrected chi connectivity index (χ1v) is 8.41. The Kier molecular flexibility index (Phi) is 5.35. The first kappa shape index (κ1) is 16.5. The maximum Gasteiger partial charge on any atom is 0.236 e. The summed E-state index contributed by atoms with van der Waals surface area (Å²) in [7, 11) is 1.80. The van der Waals surface area contributed by atoms with Crippen LogP contribution >= 0.6 is 0 Å². The summed E-state index contributed by atoms with van der Waals surface area (Å²) in [5.41, 5.74) is 0. The molecule has 6 heteroatoms. The Balaban J connectivity index is 1.58. The molecule has 1 aromatic rings. The number of aliphatic hydroxyl groups is 1. The maximum atomic E-state index is 12.5. The van der Waals surface area contributed by atoms with Crippen LogP contribution in [0.3, 0.4) is 0 Å². The largest absolute Gasteiger partial charge is 0.467 e. The maximum absolute atomic E-state index is 12.5. The lowest BCUT2D eigenvalue weighted by Crippen LogP contribution is -2.54. The molecule has 23 heavy (non-hydrogen) atoms. The predicted octanol–water partition coefficient (Wildman–Crippen LogP) is 1.10. The summed E-state index contributed by atoms with van der Waals surface area (Å²) in [6.45, 7) is 2.85. The van der Waals surface area contributed by atoms with Crippen molar-refractivity contribution in [2.24, 2.45) is 5.92 Å². The summed E-state index contributed by atoms with van der Waals surface area (Å²) >= 11 is 0. The summed E-state index contributed by atoms with van der Waals surface area (Å²) in [5, 5.41) is 10.2. The second-order valence-corrected chi connectivity index (χ2v) is 6.60. The van der Waals surface area contributed by atoms with Crippen LogP contribution in [0.2, 0.25) is 0 Å². The molecule has 1 N–H and O–H groups in total. The van der Waals surface area contributed by atoms with Gasteiger partial charge < -0.3 is 19.2 Å². The van der Waals surface area contributed by atoms with Gasteiger partial charge in [-0.2, -0.15) is 0 Å². The van der Waals surface area contributed by atoms with E-state index >= 15 is 0 Å². The number of hydrogen-bond donors (Lipinski definition) is 1. The smallest absolute Gasteiger partial charge is 0.236 e. The molecule has 3 rings (SSSR count). The molecular weight excluding hydrogens is 296 g/mol. The van der Waals surface area contributed by atoms with Gasteiger partial charge in [0.1, 0.15) is 5.76 Å². The number of hydrogen-bond acceptors (Lipinski definition) is 5. The number of ether oxygens (including phenoxy) is 1. The number of morpholine rings is 1. The van der Waals surface area contributed by atoms with Crippen molar-refractivity contribution in [3.05, 3.63) is 24.2 Å². The Morgan fingerprint density at radius 2 is 2.35 bits per heavy atom. The number of carbonyl (C=O) groups is 1. The topological polar surface area (TPSA) is 66.2 Å². The van der Waals surface area contributed by atoms with E-state index in [0.29, 0.717) is 26.3 Å². The minimum atomic E-state index is -0.264. The van der Waals surface area contributed by atoms with Gasteiger partial charge in [0.05, 0.1) is 38.7 Å². The van der Waals surface area contributed by atoms with E-state index in [4.69, 9.17) is 9.15 Å². The van der Waals surface area contributed by atoms with E-state index in [9.17, 15) is 9.90 Å². The molecule has 1 saturated heterocycles. The molecule has 2 heterocycles. The van der Waals surface area contributed by atoms with Crippen LogP contribution in [0, 0.1) is 5.92 Å². The molecule has 0 radical (unpaired) electrons. The Morgan fingerprint density at radius 1 is 1.48 bits per heavy atom. The average Bonchev–Trinajstić information content (AvgIpc) is 3.19. The number of aliphatic hydroxyl groups excluding tert-OH is 1. The molecule has 1 amide bonds. The predicted molar refractivity (Wildman–Crippen MR) is 84.7 cm³/mol. The van der Waals surface area contributed by atoms with Crippen molar-refractivity contribution in [1.29, 1.82) is 0 Å². The third-order valence-electron chi connectivity index (χ3n) is 5.04.